The number of aryl methyl sites for hydroxylation is 1. The van der Waals surface area contributed by atoms with Crippen LogP contribution in [-0.2, 0) is 16.0 Å². The van der Waals surface area contributed by atoms with E-state index in [9.17, 15) is 10.1 Å². The Balaban J connectivity index is 0.000000534. The summed E-state index contributed by atoms with van der Waals surface area (Å²) in [4.78, 5) is 31.3. The van der Waals surface area contributed by atoms with Crippen LogP contribution in [0.15, 0.2) is 48.5 Å². The molecule has 3 rings (SSSR count). The molecule has 0 saturated carbocycles. The first kappa shape index (κ1) is 24.8. The van der Waals surface area contributed by atoms with Gasteiger partial charge >= 0.3 is 17.6 Å². The monoisotopic (exact) mass is 444 g/mol. The van der Waals surface area contributed by atoms with Crippen molar-refractivity contribution >= 4 is 17.6 Å². The molecule has 1 aliphatic rings. The van der Waals surface area contributed by atoms with Gasteiger partial charge < -0.3 is 14.9 Å². The number of carboxylic acid groups (broad SMARTS) is 2. The first-order chi connectivity index (χ1) is 15.3. The SMILES string of the molecule is Cc1ccc([N+](=O)[O-])c(OCCN2CCC(Cc3ccccc3)CC2)c1.O=C(O)C(=O)O. The van der Waals surface area contributed by atoms with Crippen LogP contribution in [0, 0.1) is 23.0 Å². The lowest BCUT2D eigenvalue weighted by molar-refractivity contribution is -0.385. The number of aliphatic carboxylic acids is 2. The maximum atomic E-state index is 11.1. The molecule has 1 saturated heterocycles. The quantitative estimate of drug-likeness (QED) is 0.378. The van der Waals surface area contributed by atoms with E-state index >= 15 is 0 Å². The number of nitro benzene ring substituents is 1. The van der Waals surface area contributed by atoms with Crippen molar-refractivity contribution in [3.8, 4) is 5.75 Å². The number of carboxylic acids is 2. The van der Waals surface area contributed by atoms with Crippen LogP contribution in [0.25, 0.3) is 0 Å². The molecule has 0 bridgehead atoms. The second kappa shape index (κ2) is 12.4. The highest BCUT2D eigenvalue weighted by atomic mass is 16.6. The zero-order valence-corrected chi connectivity index (χ0v) is 18.0. The van der Waals surface area contributed by atoms with Gasteiger partial charge in [-0.25, -0.2) is 9.59 Å². The van der Waals surface area contributed by atoms with Crippen molar-refractivity contribution in [1.82, 2.24) is 4.90 Å². The van der Waals surface area contributed by atoms with Crippen LogP contribution in [0.3, 0.4) is 0 Å². The van der Waals surface area contributed by atoms with Crippen LogP contribution in [0.1, 0.15) is 24.0 Å². The van der Waals surface area contributed by atoms with Gasteiger partial charge in [-0.05, 0) is 62.4 Å². The van der Waals surface area contributed by atoms with E-state index in [4.69, 9.17) is 24.5 Å². The highest BCUT2D eigenvalue weighted by Gasteiger charge is 2.20. The van der Waals surface area contributed by atoms with Gasteiger partial charge in [0.15, 0.2) is 5.75 Å². The molecule has 0 unspecified atom stereocenters. The minimum Gasteiger partial charge on any atom is -0.485 e. The van der Waals surface area contributed by atoms with Crippen molar-refractivity contribution in [2.45, 2.75) is 26.2 Å². The zero-order chi connectivity index (χ0) is 23.5. The summed E-state index contributed by atoms with van der Waals surface area (Å²) < 4.78 is 5.72. The molecule has 2 aromatic carbocycles. The van der Waals surface area contributed by atoms with E-state index in [1.54, 1.807) is 12.1 Å². The Labute approximate surface area is 186 Å². The van der Waals surface area contributed by atoms with Crippen molar-refractivity contribution in [3.05, 3.63) is 69.8 Å². The standard InChI is InChI=1S/C21H26N2O3.C2H2O4/c1-17-7-8-20(23(24)25)21(15-17)26-14-13-22-11-9-19(10-12-22)16-18-5-3-2-4-6-18;3-1(4)2(5)6/h2-8,15,19H,9-14,16H2,1H3;(H,3,4)(H,5,6). The number of piperidine rings is 1. The number of benzene rings is 2. The topological polar surface area (TPSA) is 130 Å². The van der Waals surface area contributed by atoms with Gasteiger partial charge in [0.2, 0.25) is 0 Å². The number of rotatable bonds is 7. The first-order valence-corrected chi connectivity index (χ1v) is 10.4. The summed E-state index contributed by atoms with van der Waals surface area (Å²) in [6.07, 6.45) is 3.54. The highest BCUT2D eigenvalue weighted by Crippen LogP contribution is 2.28. The molecule has 2 N–H and O–H groups in total. The number of likely N-dealkylation sites (tertiary alicyclic amines) is 1. The van der Waals surface area contributed by atoms with Crippen LogP contribution >= 0.6 is 0 Å². The fraction of sp³-hybridized carbons (Fsp3) is 0.391. The molecule has 0 amide bonds. The number of nitrogens with zero attached hydrogens (tertiary/aromatic N) is 2. The maximum Gasteiger partial charge on any atom is 0.414 e. The molecule has 1 fully saturated rings. The first-order valence-electron chi connectivity index (χ1n) is 10.4. The molecule has 9 nitrogen and oxygen atoms in total. The Morgan fingerprint density at radius 1 is 1.09 bits per heavy atom. The summed E-state index contributed by atoms with van der Waals surface area (Å²) in [5.74, 6) is -2.54. The van der Waals surface area contributed by atoms with Gasteiger partial charge in [-0.1, -0.05) is 36.4 Å². The minimum atomic E-state index is -1.82. The molecule has 0 spiro atoms. The smallest absolute Gasteiger partial charge is 0.414 e. The highest BCUT2D eigenvalue weighted by molar-refractivity contribution is 6.27. The number of nitro groups is 1. The van der Waals surface area contributed by atoms with Crippen molar-refractivity contribution in [2.24, 2.45) is 5.92 Å². The van der Waals surface area contributed by atoms with E-state index in [0.717, 1.165) is 37.5 Å². The molecular formula is C23H28N2O7. The van der Waals surface area contributed by atoms with E-state index < -0.39 is 11.9 Å². The Hall–Kier alpha value is -3.46. The summed E-state index contributed by atoms with van der Waals surface area (Å²) in [6, 6.07) is 15.7. The predicted octanol–water partition coefficient (Wildman–Crippen LogP) is 3.39. The van der Waals surface area contributed by atoms with Crippen molar-refractivity contribution in [2.75, 3.05) is 26.2 Å². The molecule has 172 valence electrons. The summed E-state index contributed by atoms with van der Waals surface area (Å²) in [7, 11) is 0. The fourth-order valence-electron chi connectivity index (χ4n) is 3.53. The largest absolute Gasteiger partial charge is 0.485 e. The van der Waals surface area contributed by atoms with Crippen LogP contribution in [0.4, 0.5) is 5.69 Å². The fourth-order valence-corrected chi connectivity index (χ4v) is 3.53. The number of ether oxygens (including phenoxy) is 1. The van der Waals surface area contributed by atoms with Gasteiger partial charge in [-0.15, -0.1) is 0 Å². The van der Waals surface area contributed by atoms with Gasteiger partial charge in [0.05, 0.1) is 4.92 Å². The van der Waals surface area contributed by atoms with E-state index in [1.165, 1.54) is 24.5 Å². The summed E-state index contributed by atoms with van der Waals surface area (Å²) in [5.41, 5.74) is 2.42. The minimum absolute atomic E-state index is 0.0390. The average Bonchev–Trinajstić information content (AvgIpc) is 2.76. The van der Waals surface area contributed by atoms with E-state index in [0.29, 0.717) is 12.4 Å². The molecule has 1 heterocycles. The zero-order valence-electron chi connectivity index (χ0n) is 18.0. The third kappa shape index (κ3) is 8.35. The predicted molar refractivity (Wildman–Crippen MR) is 118 cm³/mol. The number of hydrogen-bond donors (Lipinski definition) is 2. The molecule has 32 heavy (non-hydrogen) atoms. The maximum absolute atomic E-state index is 11.1. The van der Waals surface area contributed by atoms with E-state index in [1.807, 2.05) is 6.92 Å². The molecule has 9 heteroatoms. The molecule has 1 aliphatic heterocycles. The van der Waals surface area contributed by atoms with Crippen molar-refractivity contribution < 1.29 is 29.5 Å². The summed E-state index contributed by atoms with van der Waals surface area (Å²) in [5, 5.41) is 25.9. The van der Waals surface area contributed by atoms with E-state index in [2.05, 4.69) is 35.2 Å². The van der Waals surface area contributed by atoms with Gasteiger partial charge in [0.1, 0.15) is 6.61 Å². The third-order valence-corrected chi connectivity index (χ3v) is 5.23. The Morgan fingerprint density at radius 3 is 2.28 bits per heavy atom. The van der Waals surface area contributed by atoms with Gasteiger partial charge in [0, 0.05) is 12.6 Å². The molecule has 0 radical (unpaired) electrons. The van der Waals surface area contributed by atoms with Gasteiger partial charge in [-0.2, -0.15) is 0 Å². The van der Waals surface area contributed by atoms with Gasteiger partial charge in [0.25, 0.3) is 0 Å². The molecular weight excluding hydrogens is 416 g/mol. The average molecular weight is 444 g/mol. The summed E-state index contributed by atoms with van der Waals surface area (Å²) >= 11 is 0. The Kier molecular flexibility index (Phi) is 9.62. The lowest BCUT2D eigenvalue weighted by Crippen LogP contribution is -2.37. The second-order valence-electron chi connectivity index (χ2n) is 7.66. The number of hydrogen-bond acceptors (Lipinski definition) is 6. The Bertz CT molecular complexity index is 898. The van der Waals surface area contributed by atoms with Crippen LogP contribution in [0.2, 0.25) is 0 Å². The Morgan fingerprint density at radius 2 is 1.72 bits per heavy atom. The second-order valence-corrected chi connectivity index (χ2v) is 7.66. The lowest BCUT2D eigenvalue weighted by atomic mass is 9.90. The normalized spacial score (nSPS) is 14.2. The van der Waals surface area contributed by atoms with E-state index in [-0.39, 0.29) is 10.6 Å². The lowest BCUT2D eigenvalue weighted by Gasteiger charge is -2.31. The van der Waals surface area contributed by atoms with Crippen LogP contribution in [0.5, 0.6) is 5.75 Å². The van der Waals surface area contributed by atoms with Crippen molar-refractivity contribution in [1.29, 1.82) is 0 Å². The molecule has 0 atom stereocenters. The number of carbonyl (C=O) groups is 2. The van der Waals surface area contributed by atoms with Crippen LogP contribution in [-0.4, -0.2) is 58.2 Å². The molecule has 0 aliphatic carbocycles. The summed E-state index contributed by atoms with van der Waals surface area (Å²) in [6.45, 7) is 5.33. The van der Waals surface area contributed by atoms with Crippen molar-refractivity contribution in [3.63, 3.8) is 0 Å². The van der Waals surface area contributed by atoms with Gasteiger partial charge in [-0.3, -0.25) is 15.0 Å². The van der Waals surface area contributed by atoms with Crippen LogP contribution < -0.4 is 4.74 Å². The molecule has 2 aromatic rings. The molecule has 0 aromatic heterocycles. The third-order valence-electron chi connectivity index (χ3n) is 5.23.